The van der Waals surface area contributed by atoms with Crippen molar-refractivity contribution in [3.8, 4) is 0 Å². The van der Waals surface area contributed by atoms with Gasteiger partial charge >= 0.3 is 6.03 Å². The zero-order chi connectivity index (χ0) is 16.9. The van der Waals surface area contributed by atoms with Crippen molar-refractivity contribution in [2.45, 2.75) is 38.6 Å². The maximum atomic E-state index is 12.5. The lowest BCUT2D eigenvalue weighted by Crippen LogP contribution is -2.46. The van der Waals surface area contributed by atoms with Crippen LogP contribution in [0.25, 0.3) is 0 Å². The summed E-state index contributed by atoms with van der Waals surface area (Å²) in [4.78, 5) is 32.6. The smallest absolute Gasteiger partial charge is 0.317 e. The largest absolute Gasteiger partial charge is 0.336 e. The Labute approximate surface area is 143 Å². The first-order valence-corrected chi connectivity index (χ1v) is 8.88. The van der Waals surface area contributed by atoms with Gasteiger partial charge in [0.2, 0.25) is 0 Å². The number of amides is 3. The summed E-state index contributed by atoms with van der Waals surface area (Å²) in [5.74, 6) is 0.685. The summed E-state index contributed by atoms with van der Waals surface area (Å²) in [7, 11) is 0. The molecule has 24 heavy (non-hydrogen) atoms. The first-order chi connectivity index (χ1) is 11.6. The molecule has 2 saturated heterocycles. The lowest BCUT2D eigenvalue weighted by Gasteiger charge is -2.24. The molecule has 2 aliphatic heterocycles. The van der Waals surface area contributed by atoms with E-state index in [0.29, 0.717) is 24.6 Å². The second-order valence-electron chi connectivity index (χ2n) is 6.95. The van der Waals surface area contributed by atoms with Crippen molar-refractivity contribution in [2.24, 2.45) is 5.92 Å². The molecule has 6 nitrogen and oxygen atoms in total. The van der Waals surface area contributed by atoms with E-state index in [1.165, 1.54) is 6.42 Å². The molecule has 2 atom stereocenters. The van der Waals surface area contributed by atoms with Crippen molar-refractivity contribution >= 4 is 11.9 Å². The lowest BCUT2D eigenvalue weighted by molar-refractivity contribution is 0.0788. The van der Waals surface area contributed by atoms with E-state index in [1.807, 2.05) is 4.90 Å². The predicted molar refractivity (Wildman–Crippen MR) is 91.7 cm³/mol. The standard InChI is InChI=1S/C18H26N4O2/c1-14-4-3-9-21(10-6-14)18(24)20-16-7-11-22(13-16)17(23)15-5-2-8-19-12-15/h2,5,8,12,14,16H,3-4,6-7,9-11,13H2,1H3,(H,20,24)/t14-,16+/m1/s1. The molecule has 130 valence electrons. The Morgan fingerprint density at radius 2 is 2.00 bits per heavy atom. The Morgan fingerprint density at radius 3 is 2.79 bits per heavy atom. The first kappa shape index (κ1) is 16.7. The average Bonchev–Trinajstić information content (AvgIpc) is 2.95. The van der Waals surface area contributed by atoms with Crippen molar-refractivity contribution in [1.82, 2.24) is 20.1 Å². The molecule has 1 aromatic heterocycles. The van der Waals surface area contributed by atoms with Crippen LogP contribution in [0.5, 0.6) is 0 Å². The number of likely N-dealkylation sites (tertiary alicyclic amines) is 2. The van der Waals surface area contributed by atoms with Gasteiger partial charge in [-0.05, 0) is 43.7 Å². The summed E-state index contributed by atoms with van der Waals surface area (Å²) in [5, 5.41) is 3.10. The molecule has 0 unspecified atom stereocenters. The van der Waals surface area contributed by atoms with Crippen LogP contribution in [0.2, 0.25) is 0 Å². The highest BCUT2D eigenvalue weighted by Gasteiger charge is 2.29. The van der Waals surface area contributed by atoms with E-state index in [1.54, 1.807) is 29.4 Å². The molecule has 3 amide bonds. The van der Waals surface area contributed by atoms with E-state index in [2.05, 4.69) is 17.2 Å². The zero-order valence-electron chi connectivity index (χ0n) is 14.3. The Hall–Kier alpha value is -2.11. The van der Waals surface area contributed by atoms with Crippen LogP contribution in [0.15, 0.2) is 24.5 Å². The van der Waals surface area contributed by atoms with Gasteiger partial charge in [0.1, 0.15) is 0 Å². The topological polar surface area (TPSA) is 65.5 Å². The molecule has 2 fully saturated rings. The fourth-order valence-electron chi connectivity index (χ4n) is 3.47. The number of urea groups is 1. The average molecular weight is 330 g/mol. The number of pyridine rings is 1. The third-order valence-electron chi connectivity index (χ3n) is 5.02. The summed E-state index contributed by atoms with van der Waals surface area (Å²) in [5.41, 5.74) is 0.603. The van der Waals surface area contributed by atoms with E-state index >= 15 is 0 Å². The molecule has 6 heteroatoms. The monoisotopic (exact) mass is 330 g/mol. The van der Waals surface area contributed by atoms with Crippen molar-refractivity contribution in [1.29, 1.82) is 0 Å². The van der Waals surface area contributed by atoms with Gasteiger partial charge in [0.25, 0.3) is 5.91 Å². The van der Waals surface area contributed by atoms with Gasteiger partial charge in [-0.25, -0.2) is 4.79 Å². The molecule has 0 aliphatic carbocycles. The van der Waals surface area contributed by atoms with Crippen LogP contribution in [0.4, 0.5) is 4.79 Å². The number of carbonyl (C=O) groups is 2. The van der Waals surface area contributed by atoms with Crippen LogP contribution in [-0.2, 0) is 0 Å². The molecule has 3 rings (SSSR count). The molecule has 1 aromatic rings. The number of carbonyl (C=O) groups excluding carboxylic acids is 2. The normalized spacial score (nSPS) is 24.5. The van der Waals surface area contributed by atoms with Gasteiger partial charge in [0.15, 0.2) is 0 Å². The Balaban J connectivity index is 1.50. The molecule has 1 N–H and O–H groups in total. The number of nitrogens with one attached hydrogen (secondary N) is 1. The van der Waals surface area contributed by atoms with Gasteiger partial charge < -0.3 is 15.1 Å². The maximum Gasteiger partial charge on any atom is 0.317 e. The molecule has 0 radical (unpaired) electrons. The molecule has 2 aliphatic rings. The summed E-state index contributed by atoms with van der Waals surface area (Å²) in [6.07, 6.45) is 7.40. The Kier molecular flexibility index (Phi) is 5.33. The fraction of sp³-hybridized carbons (Fsp3) is 0.611. The van der Waals surface area contributed by atoms with Gasteiger partial charge in [0, 0.05) is 44.6 Å². The number of rotatable bonds is 2. The van der Waals surface area contributed by atoms with Crippen molar-refractivity contribution < 1.29 is 9.59 Å². The second kappa shape index (κ2) is 7.64. The van der Waals surface area contributed by atoms with Crippen molar-refractivity contribution in [3.05, 3.63) is 30.1 Å². The van der Waals surface area contributed by atoms with E-state index in [0.717, 1.165) is 32.4 Å². The number of aromatic nitrogens is 1. The van der Waals surface area contributed by atoms with Crippen molar-refractivity contribution in [3.63, 3.8) is 0 Å². The summed E-state index contributed by atoms with van der Waals surface area (Å²) in [6, 6.07) is 3.60. The van der Waals surface area contributed by atoms with Crippen LogP contribution >= 0.6 is 0 Å². The minimum atomic E-state index is -0.0107. The van der Waals surface area contributed by atoms with Gasteiger partial charge in [-0.15, -0.1) is 0 Å². The van der Waals surface area contributed by atoms with Crippen LogP contribution in [0.1, 0.15) is 43.0 Å². The Morgan fingerprint density at radius 1 is 1.17 bits per heavy atom. The SMILES string of the molecule is C[C@@H]1CCCN(C(=O)N[C@H]2CCN(C(=O)c3cccnc3)C2)CC1. The highest BCUT2D eigenvalue weighted by Crippen LogP contribution is 2.17. The summed E-state index contributed by atoms with van der Waals surface area (Å²) >= 11 is 0. The molecule has 3 heterocycles. The molecule has 0 aromatic carbocycles. The maximum absolute atomic E-state index is 12.5. The fourth-order valence-corrected chi connectivity index (χ4v) is 3.47. The highest BCUT2D eigenvalue weighted by molar-refractivity contribution is 5.94. The van der Waals surface area contributed by atoms with Gasteiger partial charge in [-0.3, -0.25) is 9.78 Å². The molecule has 0 spiro atoms. The van der Waals surface area contributed by atoms with E-state index in [-0.39, 0.29) is 18.0 Å². The van der Waals surface area contributed by atoms with Crippen LogP contribution in [-0.4, -0.2) is 58.9 Å². The molecule has 0 saturated carbocycles. The van der Waals surface area contributed by atoms with E-state index < -0.39 is 0 Å². The third kappa shape index (κ3) is 4.04. The lowest BCUT2D eigenvalue weighted by atomic mass is 10.0. The summed E-state index contributed by atoms with van der Waals surface area (Å²) in [6.45, 7) is 5.17. The van der Waals surface area contributed by atoms with Crippen LogP contribution in [0.3, 0.4) is 0 Å². The first-order valence-electron chi connectivity index (χ1n) is 8.88. The third-order valence-corrected chi connectivity index (χ3v) is 5.02. The quantitative estimate of drug-likeness (QED) is 0.903. The van der Waals surface area contributed by atoms with Crippen molar-refractivity contribution in [2.75, 3.05) is 26.2 Å². The van der Waals surface area contributed by atoms with Crippen LogP contribution in [0, 0.1) is 5.92 Å². The molecular formula is C18H26N4O2. The molecule has 0 bridgehead atoms. The highest BCUT2D eigenvalue weighted by atomic mass is 16.2. The minimum Gasteiger partial charge on any atom is -0.336 e. The van der Waals surface area contributed by atoms with Gasteiger partial charge in [0.05, 0.1) is 5.56 Å². The number of hydrogen-bond donors (Lipinski definition) is 1. The Bertz CT molecular complexity index is 578. The summed E-state index contributed by atoms with van der Waals surface area (Å²) < 4.78 is 0. The van der Waals surface area contributed by atoms with Crippen LogP contribution < -0.4 is 5.32 Å². The number of hydrogen-bond acceptors (Lipinski definition) is 3. The number of nitrogens with zero attached hydrogens (tertiary/aromatic N) is 3. The minimum absolute atomic E-state index is 0.0107. The van der Waals surface area contributed by atoms with Gasteiger partial charge in [-0.1, -0.05) is 6.92 Å². The second-order valence-corrected chi connectivity index (χ2v) is 6.95. The van der Waals surface area contributed by atoms with Gasteiger partial charge in [-0.2, -0.15) is 0 Å². The van der Waals surface area contributed by atoms with E-state index in [9.17, 15) is 9.59 Å². The van der Waals surface area contributed by atoms with E-state index in [4.69, 9.17) is 0 Å². The predicted octanol–water partition coefficient (Wildman–Crippen LogP) is 2.13. The zero-order valence-corrected chi connectivity index (χ0v) is 14.3. The molecular weight excluding hydrogens is 304 g/mol.